The minimum atomic E-state index is -5.03. The Hall–Kier alpha value is -2.20. The molecule has 2 aromatic carbocycles. The van der Waals surface area contributed by atoms with Crippen LogP contribution in [0.5, 0.6) is 17.2 Å². The van der Waals surface area contributed by atoms with Gasteiger partial charge in [0.1, 0.15) is 5.75 Å². The molecule has 0 saturated carbocycles. The molecule has 0 spiro atoms. The highest BCUT2D eigenvalue weighted by Crippen LogP contribution is 2.47. The fraction of sp³-hybridized carbons (Fsp3) is 0.176. The van der Waals surface area contributed by atoms with E-state index in [0.717, 1.165) is 12.1 Å². The molecule has 30 heavy (non-hydrogen) atoms. The van der Waals surface area contributed by atoms with Crippen molar-refractivity contribution in [2.45, 2.75) is 13.2 Å². The summed E-state index contributed by atoms with van der Waals surface area (Å²) in [6.07, 6.45) is 3.10. The van der Waals surface area contributed by atoms with E-state index in [-0.39, 0.29) is 13.2 Å². The number of hydrogen-bond acceptors (Lipinski definition) is 7. The van der Waals surface area contributed by atoms with E-state index in [1.54, 1.807) is 18.2 Å². The van der Waals surface area contributed by atoms with Gasteiger partial charge in [-0.15, -0.1) is 0 Å². The van der Waals surface area contributed by atoms with Crippen molar-refractivity contribution in [2.24, 2.45) is 0 Å². The van der Waals surface area contributed by atoms with Crippen LogP contribution in [0, 0.1) is 0 Å². The average molecular weight is 462 g/mol. The molecule has 6 N–H and O–H groups in total. The number of aliphatic hydroxyl groups is 2. The van der Waals surface area contributed by atoms with Gasteiger partial charge in [0.25, 0.3) is 0 Å². The van der Waals surface area contributed by atoms with Crippen molar-refractivity contribution >= 4 is 27.8 Å². The summed E-state index contributed by atoms with van der Waals surface area (Å²) in [5.74, 6) is -0.766. The van der Waals surface area contributed by atoms with E-state index in [0.29, 0.717) is 28.0 Å². The summed E-state index contributed by atoms with van der Waals surface area (Å²) in [6, 6.07) is 6.80. The number of benzene rings is 2. The molecule has 0 amide bonds. The molecule has 0 aliphatic rings. The minimum absolute atomic E-state index is 0.326. The third-order valence-electron chi connectivity index (χ3n) is 3.74. The molecule has 0 aliphatic heterocycles. The molecular formula is C17H20O11P2. The number of rotatable bonds is 9. The molecule has 0 bridgehead atoms. The van der Waals surface area contributed by atoms with Crippen LogP contribution >= 0.6 is 15.6 Å². The topological polar surface area (TPSA) is 183 Å². The van der Waals surface area contributed by atoms with Gasteiger partial charge in [-0.2, -0.15) is 0 Å². The second kappa shape index (κ2) is 9.74. The molecular weight excluding hydrogens is 442 g/mol. The highest BCUT2D eigenvalue weighted by Gasteiger charge is 2.24. The zero-order chi connectivity index (χ0) is 22.5. The van der Waals surface area contributed by atoms with Crippen molar-refractivity contribution in [3.05, 3.63) is 52.6 Å². The highest BCUT2D eigenvalue weighted by molar-refractivity contribution is 7.47. The summed E-state index contributed by atoms with van der Waals surface area (Å²) < 4.78 is 36.3. The summed E-state index contributed by atoms with van der Waals surface area (Å²) in [4.78, 5) is 35.9. The quantitative estimate of drug-likeness (QED) is 0.236. The van der Waals surface area contributed by atoms with Gasteiger partial charge in [-0.25, -0.2) is 9.13 Å². The maximum absolute atomic E-state index is 11.2. The molecule has 164 valence electrons. The Kier molecular flexibility index (Phi) is 7.81. The monoisotopic (exact) mass is 462 g/mol. The Morgan fingerprint density at radius 1 is 0.800 bits per heavy atom. The number of hydrogen-bond donors (Lipinski definition) is 6. The first kappa shape index (κ1) is 24.1. The van der Waals surface area contributed by atoms with Crippen LogP contribution in [0.1, 0.15) is 22.3 Å². The van der Waals surface area contributed by atoms with Crippen molar-refractivity contribution in [3.8, 4) is 17.2 Å². The largest absolute Gasteiger partial charge is 0.524 e. The predicted molar refractivity (Wildman–Crippen MR) is 106 cm³/mol. The van der Waals surface area contributed by atoms with Gasteiger partial charge in [-0.1, -0.05) is 18.2 Å². The van der Waals surface area contributed by atoms with Gasteiger partial charge < -0.3 is 24.0 Å². The summed E-state index contributed by atoms with van der Waals surface area (Å²) in [6.45, 7) is -0.657. The lowest BCUT2D eigenvalue weighted by Crippen LogP contribution is -1.99. The Labute approximate surface area is 171 Å². The van der Waals surface area contributed by atoms with Crippen LogP contribution < -0.4 is 13.8 Å². The molecule has 0 unspecified atom stereocenters. The van der Waals surface area contributed by atoms with Crippen LogP contribution in [0.3, 0.4) is 0 Å². The second-order valence-corrected chi connectivity index (χ2v) is 8.21. The lowest BCUT2D eigenvalue weighted by molar-refractivity contribution is 0.254. The Bertz CT molecular complexity index is 997. The number of phosphoric acid groups is 2. The molecule has 11 nitrogen and oxygen atoms in total. The first-order valence-corrected chi connectivity index (χ1v) is 11.3. The van der Waals surface area contributed by atoms with E-state index in [2.05, 4.69) is 9.05 Å². The lowest BCUT2D eigenvalue weighted by Gasteiger charge is -2.14. The molecule has 0 heterocycles. The Morgan fingerprint density at radius 3 is 1.90 bits per heavy atom. The number of methoxy groups -OCH3 is 1. The van der Waals surface area contributed by atoms with Crippen LogP contribution in [0.4, 0.5) is 0 Å². The van der Waals surface area contributed by atoms with Gasteiger partial charge in [0.2, 0.25) is 0 Å². The predicted octanol–water partition coefficient (Wildman–Crippen LogP) is 1.79. The van der Waals surface area contributed by atoms with Gasteiger partial charge >= 0.3 is 15.6 Å². The van der Waals surface area contributed by atoms with Crippen LogP contribution in [-0.4, -0.2) is 36.9 Å². The van der Waals surface area contributed by atoms with E-state index in [1.165, 1.54) is 19.3 Å². The maximum Gasteiger partial charge on any atom is 0.524 e. The van der Waals surface area contributed by atoms with Crippen molar-refractivity contribution in [1.82, 2.24) is 0 Å². The molecule has 0 aliphatic carbocycles. The normalized spacial score (nSPS) is 12.2. The fourth-order valence-electron chi connectivity index (χ4n) is 2.55. The van der Waals surface area contributed by atoms with Crippen molar-refractivity contribution in [2.75, 3.05) is 7.11 Å². The average Bonchev–Trinajstić information content (AvgIpc) is 2.64. The van der Waals surface area contributed by atoms with Gasteiger partial charge in [-0.05, 0) is 41.0 Å². The minimum Gasteiger partial charge on any atom is -0.496 e. The van der Waals surface area contributed by atoms with E-state index < -0.39 is 27.1 Å². The van der Waals surface area contributed by atoms with E-state index in [9.17, 15) is 19.3 Å². The lowest BCUT2D eigenvalue weighted by atomic mass is 10.0. The Morgan fingerprint density at radius 2 is 1.37 bits per heavy atom. The van der Waals surface area contributed by atoms with Gasteiger partial charge in [0.15, 0.2) is 11.5 Å². The zero-order valence-corrected chi connectivity index (χ0v) is 17.4. The molecule has 13 heteroatoms. The molecule has 0 fully saturated rings. The van der Waals surface area contributed by atoms with Crippen LogP contribution in [0.25, 0.3) is 12.2 Å². The number of phosphoric ester groups is 2. The highest BCUT2D eigenvalue weighted by atomic mass is 31.2. The molecule has 0 aromatic heterocycles. The molecule has 0 radical (unpaired) electrons. The molecule has 2 rings (SSSR count). The molecule has 0 saturated heterocycles. The standard InChI is InChI=1S/C17H20O11P2/c1-26-16-8-12(6-13(9-18)14(16)10-19)3-2-11-4-5-15(27-29(20,21)22)17(7-11)28-30(23,24)25/h2-8,18-19H,9-10H2,1H3,(H2,20,21,22)(H2,23,24,25)/b3-2-. The van der Waals surface area contributed by atoms with Crippen molar-refractivity contribution in [1.29, 1.82) is 0 Å². The second-order valence-electron chi connectivity index (χ2n) is 5.88. The summed E-state index contributed by atoms with van der Waals surface area (Å²) in [7, 11) is -8.61. The van der Waals surface area contributed by atoms with Crippen LogP contribution in [0.2, 0.25) is 0 Å². The van der Waals surface area contributed by atoms with Gasteiger partial charge in [-0.3, -0.25) is 19.6 Å². The Balaban J connectivity index is 2.43. The number of aliphatic hydroxyl groups excluding tert-OH is 2. The van der Waals surface area contributed by atoms with Crippen molar-refractivity contribution < 1.29 is 52.7 Å². The third-order valence-corrected chi connectivity index (χ3v) is 4.61. The molecule has 2 aromatic rings. The van der Waals surface area contributed by atoms with E-state index in [1.807, 2.05) is 0 Å². The first-order valence-electron chi connectivity index (χ1n) is 8.19. The van der Waals surface area contributed by atoms with Gasteiger partial charge in [0, 0.05) is 5.56 Å². The zero-order valence-electron chi connectivity index (χ0n) is 15.6. The summed E-state index contributed by atoms with van der Waals surface area (Å²) in [5.41, 5.74) is 1.83. The van der Waals surface area contributed by atoms with Crippen LogP contribution in [-0.2, 0) is 22.3 Å². The van der Waals surface area contributed by atoms with Crippen LogP contribution in [0.15, 0.2) is 30.3 Å². The SMILES string of the molecule is COc1cc(/C=C\c2ccc(OP(=O)(O)O)c(OP(=O)(O)O)c2)cc(CO)c1CO. The van der Waals surface area contributed by atoms with Gasteiger partial charge in [0.05, 0.1) is 20.3 Å². The summed E-state index contributed by atoms with van der Waals surface area (Å²) in [5, 5.41) is 18.9. The smallest absolute Gasteiger partial charge is 0.496 e. The maximum atomic E-state index is 11.2. The van der Waals surface area contributed by atoms with E-state index >= 15 is 0 Å². The van der Waals surface area contributed by atoms with Crippen molar-refractivity contribution in [3.63, 3.8) is 0 Å². The number of ether oxygens (including phenoxy) is 1. The first-order chi connectivity index (χ1) is 14.0. The third kappa shape index (κ3) is 6.94. The summed E-state index contributed by atoms with van der Waals surface area (Å²) >= 11 is 0. The van der Waals surface area contributed by atoms with E-state index in [4.69, 9.17) is 24.3 Å². The molecule has 0 atom stereocenters. The fourth-order valence-corrected chi connectivity index (χ4v) is 3.36.